The van der Waals surface area contributed by atoms with Crippen molar-refractivity contribution in [3.8, 4) is 22.3 Å². The Kier molecular flexibility index (Phi) is 7.91. The second kappa shape index (κ2) is 13.7. The van der Waals surface area contributed by atoms with Gasteiger partial charge in [0.15, 0.2) is 5.58 Å². The van der Waals surface area contributed by atoms with E-state index in [4.69, 9.17) is 9.41 Å². The molecule has 0 bridgehead atoms. The van der Waals surface area contributed by atoms with E-state index in [-0.39, 0.29) is 11.5 Å². The van der Waals surface area contributed by atoms with Gasteiger partial charge in [0, 0.05) is 33.1 Å². The Morgan fingerprint density at radius 1 is 0.574 bits per heavy atom. The minimum Gasteiger partial charge on any atom is -0.454 e. The predicted octanol–water partition coefficient (Wildman–Crippen LogP) is 14.5. The summed E-state index contributed by atoms with van der Waals surface area (Å²) in [7, 11) is 0. The maximum absolute atomic E-state index is 6.99. The third-order valence-corrected chi connectivity index (χ3v) is 12.9. The fourth-order valence-electron chi connectivity index (χ4n) is 9.83. The van der Waals surface area contributed by atoms with Crippen molar-refractivity contribution in [2.75, 3.05) is 4.90 Å². The number of anilines is 3. The van der Waals surface area contributed by atoms with Crippen molar-refractivity contribution in [2.45, 2.75) is 25.3 Å². The van der Waals surface area contributed by atoms with Crippen LogP contribution in [-0.2, 0) is 5.41 Å². The molecule has 0 amide bonds. The highest BCUT2D eigenvalue weighted by Crippen LogP contribution is 2.52. The van der Waals surface area contributed by atoms with Crippen molar-refractivity contribution >= 4 is 66.9 Å². The number of para-hydroxylation sites is 1. The molecule has 0 saturated heterocycles. The van der Waals surface area contributed by atoms with Crippen molar-refractivity contribution in [3.05, 3.63) is 222 Å². The first kappa shape index (κ1) is 35.3. The Bertz CT molecular complexity index is 3360. The molecule has 61 heavy (non-hydrogen) atoms. The van der Waals surface area contributed by atoms with Crippen LogP contribution in [0.5, 0.6) is 0 Å². The van der Waals surface area contributed by atoms with Crippen molar-refractivity contribution in [1.82, 2.24) is 5.32 Å². The molecule has 0 saturated carbocycles. The molecule has 4 nitrogen and oxygen atoms in total. The molecule has 0 fully saturated rings. The first-order chi connectivity index (χ1) is 30.0. The summed E-state index contributed by atoms with van der Waals surface area (Å²) < 4.78 is 6.99. The second-order valence-corrected chi connectivity index (χ2v) is 16.8. The maximum Gasteiger partial charge on any atom is 0.160 e. The number of nitrogens with zero attached hydrogens (tertiary/aromatic N) is 2. The number of rotatable bonds is 6. The summed E-state index contributed by atoms with van der Waals surface area (Å²) in [6, 6.07) is 63.5. The number of furan rings is 1. The van der Waals surface area contributed by atoms with E-state index in [1.54, 1.807) is 0 Å². The molecule has 1 atom stereocenters. The minimum atomic E-state index is -0.0887. The van der Waals surface area contributed by atoms with Gasteiger partial charge in [0.25, 0.3) is 0 Å². The van der Waals surface area contributed by atoms with Crippen LogP contribution in [0.2, 0.25) is 0 Å². The summed E-state index contributed by atoms with van der Waals surface area (Å²) in [6.07, 6.45) is 8.40. The van der Waals surface area contributed by atoms with Crippen molar-refractivity contribution < 1.29 is 4.42 Å². The fraction of sp³-hybridized carbons (Fsp3) is 0.0702. The Morgan fingerprint density at radius 3 is 2.18 bits per heavy atom. The van der Waals surface area contributed by atoms with Gasteiger partial charge >= 0.3 is 0 Å². The number of nitrogens with one attached hydrogen (secondary N) is 1. The first-order valence-electron chi connectivity index (χ1n) is 21.1. The number of hydrogen-bond donors (Lipinski definition) is 1. The monoisotopic (exact) mass is 783 g/mol. The Hall–Kier alpha value is -7.69. The molecule has 8 aromatic carbocycles. The maximum atomic E-state index is 6.99. The van der Waals surface area contributed by atoms with Crippen molar-refractivity contribution in [3.63, 3.8) is 0 Å². The van der Waals surface area contributed by atoms with Gasteiger partial charge in [-0.05, 0) is 92.2 Å². The summed E-state index contributed by atoms with van der Waals surface area (Å²) in [6.45, 7) is 4.67. The first-order valence-corrected chi connectivity index (χ1v) is 21.1. The highest BCUT2D eigenvalue weighted by molar-refractivity contribution is 6.17. The molecule has 2 aliphatic carbocycles. The van der Waals surface area contributed by atoms with E-state index in [0.29, 0.717) is 0 Å². The molecule has 9 aromatic rings. The lowest BCUT2D eigenvalue weighted by Gasteiger charge is -2.28. The van der Waals surface area contributed by atoms with Gasteiger partial charge in [0.1, 0.15) is 5.58 Å². The molecule has 1 aliphatic heterocycles. The van der Waals surface area contributed by atoms with E-state index in [1.165, 1.54) is 33.0 Å². The van der Waals surface area contributed by atoms with Crippen molar-refractivity contribution in [2.24, 2.45) is 4.99 Å². The highest BCUT2D eigenvalue weighted by atomic mass is 16.3. The van der Waals surface area contributed by atoms with Crippen LogP contribution in [0.15, 0.2) is 210 Å². The van der Waals surface area contributed by atoms with E-state index in [9.17, 15) is 0 Å². The zero-order chi connectivity index (χ0) is 40.7. The summed E-state index contributed by atoms with van der Waals surface area (Å²) in [5.74, 6) is 0. The highest BCUT2D eigenvalue weighted by Gasteiger charge is 2.36. The molecular weight excluding hydrogens is 743 g/mol. The summed E-state index contributed by atoms with van der Waals surface area (Å²) >= 11 is 0. The van der Waals surface area contributed by atoms with Crippen LogP contribution < -0.4 is 10.2 Å². The lowest BCUT2D eigenvalue weighted by Crippen LogP contribution is -2.37. The number of fused-ring (bicyclic) bond motifs is 8. The normalized spacial score (nSPS) is 16.0. The predicted molar refractivity (Wildman–Crippen MR) is 255 cm³/mol. The fourth-order valence-corrected chi connectivity index (χ4v) is 9.83. The molecule has 1 aromatic heterocycles. The quantitative estimate of drug-likeness (QED) is 0.183. The summed E-state index contributed by atoms with van der Waals surface area (Å²) in [5, 5.41) is 8.38. The van der Waals surface area contributed by atoms with Gasteiger partial charge in [-0.15, -0.1) is 0 Å². The van der Waals surface area contributed by atoms with Crippen LogP contribution in [0.3, 0.4) is 0 Å². The third kappa shape index (κ3) is 5.63. The minimum absolute atomic E-state index is 0.0223. The van der Waals surface area contributed by atoms with E-state index in [2.05, 4.69) is 218 Å². The third-order valence-electron chi connectivity index (χ3n) is 12.9. The van der Waals surface area contributed by atoms with Gasteiger partial charge in [-0.3, -0.25) is 0 Å². The van der Waals surface area contributed by atoms with Crippen LogP contribution in [-0.4, -0.2) is 11.8 Å². The van der Waals surface area contributed by atoms with Gasteiger partial charge < -0.3 is 14.6 Å². The molecule has 0 spiro atoms. The molecule has 3 aliphatic rings. The lowest BCUT2D eigenvalue weighted by molar-refractivity contribution is 0.660. The van der Waals surface area contributed by atoms with Crippen LogP contribution in [0.4, 0.5) is 17.1 Å². The van der Waals surface area contributed by atoms with Gasteiger partial charge in [0.05, 0.1) is 28.8 Å². The Labute approximate surface area is 355 Å². The van der Waals surface area contributed by atoms with Crippen LogP contribution >= 0.6 is 0 Å². The number of aliphatic imine (C=N–C) groups is 1. The zero-order valence-electron chi connectivity index (χ0n) is 33.9. The molecule has 1 N–H and O–H groups in total. The average molecular weight is 784 g/mol. The molecular formula is C57H41N3O. The van der Waals surface area contributed by atoms with Crippen molar-refractivity contribution in [1.29, 1.82) is 0 Å². The van der Waals surface area contributed by atoms with Crippen LogP contribution in [0.1, 0.15) is 36.1 Å². The lowest BCUT2D eigenvalue weighted by atomic mass is 9.82. The van der Waals surface area contributed by atoms with E-state index < -0.39 is 0 Å². The second-order valence-electron chi connectivity index (χ2n) is 16.8. The van der Waals surface area contributed by atoms with Gasteiger partial charge in [-0.1, -0.05) is 172 Å². The zero-order valence-corrected chi connectivity index (χ0v) is 33.9. The smallest absolute Gasteiger partial charge is 0.160 e. The van der Waals surface area contributed by atoms with Gasteiger partial charge in [0.2, 0.25) is 0 Å². The van der Waals surface area contributed by atoms with E-state index >= 15 is 0 Å². The number of benzene rings is 8. The molecule has 2 heterocycles. The standard InChI is InChI=1S/C57H41N3O/c1-57(2)47-20-10-8-18-44(47)46-35-42(30-32-48(46)57)60(41-29-28-36-14-6-7-17-40(36)34-41)51-33-31-43(53-45-19-9-13-23-52(45)61-56(51)53)37-24-26-39(27-25-37)55-54(38-15-4-3-5-16-38)58-49-21-11-12-22-50(49)59-55/h3-35,50,59H,1-2H3. The summed E-state index contributed by atoms with van der Waals surface area (Å²) in [4.78, 5) is 7.57. The molecule has 4 heteroatoms. The van der Waals surface area contributed by atoms with Crippen LogP contribution in [0.25, 0.3) is 66.4 Å². The largest absolute Gasteiger partial charge is 0.454 e. The molecule has 0 radical (unpaired) electrons. The van der Waals surface area contributed by atoms with Gasteiger partial charge in [-0.25, -0.2) is 4.99 Å². The van der Waals surface area contributed by atoms with Gasteiger partial charge in [-0.2, -0.15) is 0 Å². The number of allylic oxidation sites excluding steroid dienone is 2. The molecule has 290 valence electrons. The summed E-state index contributed by atoms with van der Waals surface area (Å²) in [5.41, 5.74) is 17.4. The molecule has 1 unspecified atom stereocenters. The number of hydrogen-bond acceptors (Lipinski definition) is 4. The van der Waals surface area contributed by atoms with Crippen LogP contribution in [0, 0.1) is 0 Å². The molecule has 12 rings (SSSR count). The van der Waals surface area contributed by atoms with E-state index in [1.807, 2.05) is 6.07 Å². The Balaban J connectivity index is 1.04. The topological polar surface area (TPSA) is 40.8 Å². The van der Waals surface area contributed by atoms with E-state index in [0.717, 1.165) is 78.4 Å². The average Bonchev–Trinajstić information content (AvgIpc) is 3.81. The Morgan fingerprint density at radius 2 is 1.30 bits per heavy atom. The SMILES string of the molecule is CC1(C)c2ccccc2-c2cc(N(c3ccc4ccccc4c3)c3ccc(-c4ccc(C5=C(c6ccccc6)N=C6C=CC=CC6N5)cc4)c4c3oc3ccccc34)ccc21.